The van der Waals surface area contributed by atoms with Crippen molar-refractivity contribution in [2.45, 2.75) is 18.6 Å². The summed E-state index contributed by atoms with van der Waals surface area (Å²) in [7, 11) is 0.650. The number of nitrogens with zero attached hydrogens (tertiary/aromatic N) is 2. The molecule has 0 aliphatic rings. The highest BCUT2D eigenvalue weighted by Gasteiger charge is 2.12. The number of aliphatic imine (C=N–C) groups is 1. The molecule has 27 heavy (non-hydrogen) atoms. The molecule has 0 fully saturated rings. The Balaban J connectivity index is 0.00000364. The van der Waals surface area contributed by atoms with Gasteiger partial charge in [0.2, 0.25) is 0 Å². The lowest BCUT2D eigenvalue weighted by molar-refractivity contribution is 0.486. The maximum atomic E-state index is 12.2. The van der Waals surface area contributed by atoms with Gasteiger partial charge in [-0.3, -0.25) is 4.99 Å². The van der Waals surface area contributed by atoms with Crippen molar-refractivity contribution in [1.82, 2.24) is 10.2 Å². The molecule has 0 spiro atoms. The zero-order valence-electron chi connectivity index (χ0n) is 15.8. The molecular weight excluding hydrogens is 493 g/mol. The third-order valence-electron chi connectivity index (χ3n) is 3.99. The Bertz CT molecular complexity index is 779. The molecule has 0 saturated carbocycles. The number of guanidine groups is 1. The van der Waals surface area contributed by atoms with Crippen LogP contribution in [0.15, 0.2) is 52.8 Å². The molecule has 5 nitrogen and oxygen atoms in total. The van der Waals surface area contributed by atoms with Gasteiger partial charge < -0.3 is 10.2 Å². The highest BCUT2D eigenvalue weighted by Crippen LogP contribution is 2.09. The van der Waals surface area contributed by atoms with Gasteiger partial charge in [-0.1, -0.05) is 36.4 Å². The summed E-state index contributed by atoms with van der Waals surface area (Å²) < 4.78 is 24.4. The molecule has 2 rings (SSSR count). The summed E-state index contributed by atoms with van der Waals surface area (Å²) in [6.07, 6.45) is 1.53. The molecule has 1 aromatic carbocycles. The standard InChI is InChI=1S/C19H27N3O2S2.HI/c1-20-19(22(2)13-11-18-10-6-14-25-18)21-12-7-15-26(23,24)16-17-8-4-3-5-9-17;/h3-6,8-10,14H,7,11-13,15-16H2,1-2H3,(H,20,21);1H. The van der Waals surface area contributed by atoms with E-state index in [4.69, 9.17) is 0 Å². The van der Waals surface area contributed by atoms with Crippen LogP contribution < -0.4 is 5.32 Å². The molecule has 0 aliphatic heterocycles. The second kappa shape index (κ2) is 12.4. The Morgan fingerprint density at radius 2 is 1.93 bits per heavy atom. The average Bonchev–Trinajstić information content (AvgIpc) is 3.14. The summed E-state index contributed by atoms with van der Waals surface area (Å²) in [5, 5.41) is 5.33. The molecule has 1 aromatic heterocycles. The Kier molecular flexibility index (Phi) is 10.9. The molecule has 0 atom stereocenters. The van der Waals surface area contributed by atoms with E-state index in [0.717, 1.165) is 24.5 Å². The highest BCUT2D eigenvalue weighted by atomic mass is 127. The van der Waals surface area contributed by atoms with E-state index in [1.165, 1.54) is 4.88 Å². The number of rotatable bonds is 9. The number of sulfone groups is 1. The van der Waals surface area contributed by atoms with Crippen LogP contribution in [0.4, 0.5) is 0 Å². The molecule has 0 bridgehead atoms. The van der Waals surface area contributed by atoms with Gasteiger partial charge in [0, 0.05) is 32.1 Å². The lowest BCUT2D eigenvalue weighted by atomic mass is 10.2. The first-order chi connectivity index (χ1) is 12.5. The molecule has 0 unspecified atom stereocenters. The predicted octanol–water partition coefficient (Wildman–Crippen LogP) is 3.42. The summed E-state index contributed by atoms with van der Waals surface area (Å²) in [5.41, 5.74) is 0.838. The average molecular weight is 521 g/mol. The molecule has 8 heteroatoms. The Hall–Kier alpha value is -1.13. The van der Waals surface area contributed by atoms with Crippen molar-refractivity contribution in [2.75, 3.05) is 32.9 Å². The summed E-state index contributed by atoms with van der Waals surface area (Å²) in [5.74, 6) is 1.07. The van der Waals surface area contributed by atoms with Gasteiger partial charge in [0.05, 0.1) is 11.5 Å². The first kappa shape index (κ1) is 23.9. The minimum Gasteiger partial charge on any atom is -0.356 e. The predicted molar refractivity (Wildman–Crippen MR) is 126 cm³/mol. The largest absolute Gasteiger partial charge is 0.356 e. The highest BCUT2D eigenvalue weighted by molar-refractivity contribution is 14.0. The molecular formula is C19H28IN3O2S2. The number of hydrogen-bond donors (Lipinski definition) is 1. The lowest BCUT2D eigenvalue weighted by Crippen LogP contribution is -2.40. The first-order valence-corrected chi connectivity index (χ1v) is 11.4. The van der Waals surface area contributed by atoms with Crippen molar-refractivity contribution in [2.24, 2.45) is 4.99 Å². The Morgan fingerprint density at radius 3 is 2.56 bits per heavy atom. The van der Waals surface area contributed by atoms with Gasteiger partial charge in [-0.05, 0) is 29.9 Å². The van der Waals surface area contributed by atoms with Crippen LogP contribution in [0.3, 0.4) is 0 Å². The van der Waals surface area contributed by atoms with Crippen LogP contribution in [0.5, 0.6) is 0 Å². The number of likely N-dealkylation sites (N-methyl/N-ethyl adjacent to an activating group) is 1. The monoisotopic (exact) mass is 521 g/mol. The molecule has 0 radical (unpaired) electrons. The number of benzene rings is 1. The van der Waals surface area contributed by atoms with Crippen molar-refractivity contribution in [3.63, 3.8) is 0 Å². The maximum Gasteiger partial charge on any atom is 0.193 e. The third-order valence-corrected chi connectivity index (χ3v) is 6.61. The summed E-state index contributed by atoms with van der Waals surface area (Å²) in [4.78, 5) is 7.69. The van der Waals surface area contributed by atoms with E-state index in [-0.39, 0.29) is 35.5 Å². The minimum absolute atomic E-state index is 0. The number of hydrogen-bond acceptors (Lipinski definition) is 4. The van der Waals surface area contributed by atoms with Gasteiger partial charge in [0.25, 0.3) is 0 Å². The number of halogens is 1. The summed E-state index contributed by atoms with van der Waals surface area (Å²) in [6.45, 7) is 1.45. The van der Waals surface area contributed by atoms with Crippen LogP contribution in [-0.4, -0.2) is 52.2 Å². The smallest absolute Gasteiger partial charge is 0.193 e. The normalized spacial score (nSPS) is 11.7. The topological polar surface area (TPSA) is 61.8 Å². The number of nitrogens with one attached hydrogen (secondary N) is 1. The van der Waals surface area contributed by atoms with Gasteiger partial charge in [0.1, 0.15) is 0 Å². The Labute approximate surface area is 183 Å². The van der Waals surface area contributed by atoms with Crippen molar-refractivity contribution >= 4 is 51.1 Å². The fraction of sp³-hybridized carbons (Fsp3) is 0.421. The fourth-order valence-corrected chi connectivity index (χ4v) is 4.74. The number of thiophene rings is 1. The van der Waals surface area contributed by atoms with E-state index < -0.39 is 9.84 Å². The summed E-state index contributed by atoms with van der Waals surface area (Å²) in [6, 6.07) is 13.5. The van der Waals surface area contributed by atoms with Gasteiger partial charge in [0.15, 0.2) is 15.8 Å². The van der Waals surface area contributed by atoms with Crippen LogP contribution in [-0.2, 0) is 22.0 Å². The van der Waals surface area contributed by atoms with Crippen LogP contribution in [0, 0.1) is 0 Å². The molecule has 1 N–H and O–H groups in total. The van der Waals surface area contributed by atoms with Gasteiger partial charge >= 0.3 is 0 Å². The zero-order valence-corrected chi connectivity index (χ0v) is 19.8. The van der Waals surface area contributed by atoms with Crippen LogP contribution in [0.1, 0.15) is 16.9 Å². The van der Waals surface area contributed by atoms with Crippen molar-refractivity contribution in [3.8, 4) is 0 Å². The van der Waals surface area contributed by atoms with E-state index in [1.54, 1.807) is 18.4 Å². The van der Waals surface area contributed by atoms with E-state index in [1.807, 2.05) is 37.4 Å². The van der Waals surface area contributed by atoms with Crippen molar-refractivity contribution in [1.29, 1.82) is 0 Å². The van der Waals surface area contributed by atoms with E-state index in [2.05, 4.69) is 32.7 Å². The first-order valence-electron chi connectivity index (χ1n) is 8.69. The maximum absolute atomic E-state index is 12.2. The van der Waals surface area contributed by atoms with Gasteiger partial charge in [-0.25, -0.2) is 8.42 Å². The van der Waals surface area contributed by atoms with Gasteiger partial charge in [-0.2, -0.15) is 0 Å². The van der Waals surface area contributed by atoms with Crippen LogP contribution in [0.2, 0.25) is 0 Å². The fourth-order valence-electron chi connectivity index (χ4n) is 2.62. The van der Waals surface area contributed by atoms with E-state index >= 15 is 0 Å². The van der Waals surface area contributed by atoms with Crippen LogP contribution >= 0.6 is 35.3 Å². The molecule has 150 valence electrons. The second-order valence-electron chi connectivity index (χ2n) is 6.16. The second-order valence-corrected chi connectivity index (χ2v) is 9.37. The van der Waals surface area contributed by atoms with E-state index in [9.17, 15) is 8.42 Å². The van der Waals surface area contributed by atoms with Crippen LogP contribution in [0.25, 0.3) is 0 Å². The SMILES string of the molecule is CN=C(NCCCS(=O)(=O)Cc1ccccc1)N(C)CCc1cccs1.I. The zero-order chi connectivity index (χ0) is 18.8. The van der Waals surface area contributed by atoms with Crippen molar-refractivity contribution < 1.29 is 8.42 Å². The lowest BCUT2D eigenvalue weighted by Gasteiger charge is -2.21. The van der Waals surface area contributed by atoms with E-state index in [0.29, 0.717) is 13.0 Å². The Morgan fingerprint density at radius 1 is 1.19 bits per heavy atom. The molecule has 2 aromatic rings. The minimum atomic E-state index is -3.09. The molecule has 0 saturated heterocycles. The molecule has 0 amide bonds. The quantitative estimate of drug-likeness (QED) is 0.238. The molecule has 0 aliphatic carbocycles. The van der Waals surface area contributed by atoms with Crippen molar-refractivity contribution in [3.05, 3.63) is 58.3 Å². The third kappa shape index (κ3) is 9.07. The summed E-state index contributed by atoms with van der Waals surface area (Å²) >= 11 is 1.76. The molecule has 1 heterocycles. The van der Waals surface area contributed by atoms with Gasteiger partial charge in [-0.15, -0.1) is 35.3 Å².